The van der Waals surface area contributed by atoms with Crippen LogP contribution >= 0.6 is 0 Å². The van der Waals surface area contributed by atoms with Crippen LogP contribution in [-0.2, 0) is 14.3 Å². The standard InChI is InChI=1S/C10H20O4/c1-4-6-13-7-8(3)9(11)10(12)14-5-2/h8-9,11H,4-7H2,1-3H3. The number of rotatable bonds is 7. The maximum atomic E-state index is 11.1. The molecule has 0 bridgehead atoms. The van der Waals surface area contributed by atoms with Gasteiger partial charge in [-0.1, -0.05) is 13.8 Å². The first-order chi connectivity index (χ1) is 6.63. The van der Waals surface area contributed by atoms with E-state index in [0.717, 1.165) is 6.42 Å². The Bertz CT molecular complexity index is 158. The zero-order valence-electron chi connectivity index (χ0n) is 9.16. The lowest BCUT2D eigenvalue weighted by Gasteiger charge is -2.16. The summed E-state index contributed by atoms with van der Waals surface area (Å²) >= 11 is 0. The molecule has 0 aliphatic carbocycles. The minimum absolute atomic E-state index is 0.222. The zero-order valence-corrected chi connectivity index (χ0v) is 9.16. The fourth-order valence-electron chi connectivity index (χ4n) is 0.965. The first-order valence-electron chi connectivity index (χ1n) is 5.05. The number of carbonyl (C=O) groups is 1. The van der Waals surface area contributed by atoms with Gasteiger partial charge in [-0.25, -0.2) is 4.79 Å². The predicted octanol–water partition coefficient (Wildman–Crippen LogP) is 0.973. The second-order valence-electron chi connectivity index (χ2n) is 3.25. The SMILES string of the molecule is CCCOCC(C)C(O)C(=O)OCC. The van der Waals surface area contributed by atoms with Gasteiger partial charge in [-0.05, 0) is 13.3 Å². The van der Waals surface area contributed by atoms with Crippen molar-refractivity contribution in [2.45, 2.75) is 33.3 Å². The van der Waals surface area contributed by atoms with Crippen LogP contribution in [0.5, 0.6) is 0 Å². The molecule has 4 heteroatoms. The Kier molecular flexibility index (Phi) is 7.42. The molecule has 0 heterocycles. The molecule has 0 rings (SSSR count). The van der Waals surface area contributed by atoms with Gasteiger partial charge in [0.05, 0.1) is 13.2 Å². The van der Waals surface area contributed by atoms with E-state index in [2.05, 4.69) is 4.74 Å². The van der Waals surface area contributed by atoms with Crippen LogP contribution in [0.25, 0.3) is 0 Å². The van der Waals surface area contributed by atoms with Crippen LogP contribution in [0.4, 0.5) is 0 Å². The quantitative estimate of drug-likeness (QED) is 0.496. The van der Waals surface area contributed by atoms with Gasteiger partial charge in [0.2, 0.25) is 0 Å². The summed E-state index contributed by atoms with van der Waals surface area (Å²) in [5.41, 5.74) is 0. The average molecular weight is 204 g/mol. The van der Waals surface area contributed by atoms with Crippen LogP contribution in [0, 0.1) is 5.92 Å². The molecule has 0 radical (unpaired) electrons. The lowest BCUT2D eigenvalue weighted by molar-refractivity contribution is -0.157. The van der Waals surface area contributed by atoms with Crippen LogP contribution < -0.4 is 0 Å². The molecule has 1 N–H and O–H groups in total. The Balaban J connectivity index is 3.74. The molecule has 0 aliphatic rings. The highest BCUT2D eigenvalue weighted by Gasteiger charge is 2.23. The second kappa shape index (κ2) is 7.76. The van der Waals surface area contributed by atoms with E-state index in [1.165, 1.54) is 0 Å². The van der Waals surface area contributed by atoms with E-state index in [4.69, 9.17) is 4.74 Å². The third-order valence-corrected chi connectivity index (χ3v) is 1.80. The summed E-state index contributed by atoms with van der Waals surface area (Å²) < 4.78 is 9.91. The Morgan fingerprint density at radius 1 is 1.43 bits per heavy atom. The molecule has 0 aliphatic heterocycles. The van der Waals surface area contributed by atoms with E-state index in [0.29, 0.717) is 19.8 Å². The lowest BCUT2D eigenvalue weighted by Crippen LogP contribution is -2.32. The number of aliphatic hydroxyl groups is 1. The van der Waals surface area contributed by atoms with Crippen molar-refractivity contribution >= 4 is 5.97 Å². The Morgan fingerprint density at radius 3 is 2.57 bits per heavy atom. The molecule has 0 aromatic carbocycles. The van der Waals surface area contributed by atoms with Gasteiger partial charge >= 0.3 is 5.97 Å². The van der Waals surface area contributed by atoms with E-state index >= 15 is 0 Å². The summed E-state index contributed by atoms with van der Waals surface area (Å²) in [7, 11) is 0. The molecule has 0 aromatic rings. The van der Waals surface area contributed by atoms with Crippen molar-refractivity contribution in [3.8, 4) is 0 Å². The summed E-state index contributed by atoms with van der Waals surface area (Å²) in [6.45, 7) is 6.80. The van der Waals surface area contributed by atoms with Crippen LogP contribution in [0.3, 0.4) is 0 Å². The molecule has 84 valence electrons. The van der Waals surface area contributed by atoms with E-state index in [1.807, 2.05) is 6.92 Å². The van der Waals surface area contributed by atoms with Gasteiger partial charge in [0.15, 0.2) is 6.10 Å². The molecule has 0 fully saturated rings. The van der Waals surface area contributed by atoms with Gasteiger partial charge in [-0.3, -0.25) is 0 Å². The lowest BCUT2D eigenvalue weighted by atomic mass is 10.1. The molecule has 0 saturated heterocycles. The van der Waals surface area contributed by atoms with Crippen molar-refractivity contribution in [3.63, 3.8) is 0 Å². The van der Waals surface area contributed by atoms with Gasteiger partial charge < -0.3 is 14.6 Å². The molecular formula is C10H20O4. The van der Waals surface area contributed by atoms with Crippen molar-refractivity contribution in [2.24, 2.45) is 5.92 Å². The van der Waals surface area contributed by atoms with Gasteiger partial charge in [-0.15, -0.1) is 0 Å². The topological polar surface area (TPSA) is 55.8 Å². The summed E-state index contributed by atoms with van der Waals surface area (Å²) in [6, 6.07) is 0. The molecular weight excluding hydrogens is 184 g/mol. The Hall–Kier alpha value is -0.610. The van der Waals surface area contributed by atoms with Crippen LogP contribution in [0.2, 0.25) is 0 Å². The number of hydrogen-bond donors (Lipinski definition) is 1. The molecule has 4 nitrogen and oxygen atoms in total. The maximum Gasteiger partial charge on any atom is 0.335 e. The third kappa shape index (κ3) is 5.19. The first-order valence-corrected chi connectivity index (χ1v) is 5.05. The van der Waals surface area contributed by atoms with Crippen molar-refractivity contribution in [1.29, 1.82) is 0 Å². The Labute approximate surface area is 85.2 Å². The summed E-state index contributed by atoms with van der Waals surface area (Å²) in [6.07, 6.45) is -0.144. The zero-order chi connectivity index (χ0) is 11.0. The van der Waals surface area contributed by atoms with Gasteiger partial charge in [0, 0.05) is 12.5 Å². The maximum absolute atomic E-state index is 11.1. The highest BCUT2D eigenvalue weighted by atomic mass is 16.5. The number of hydrogen-bond acceptors (Lipinski definition) is 4. The normalized spacial score (nSPS) is 14.9. The number of carbonyl (C=O) groups excluding carboxylic acids is 1. The highest BCUT2D eigenvalue weighted by Crippen LogP contribution is 2.05. The number of ether oxygens (including phenoxy) is 2. The summed E-state index contributed by atoms with van der Waals surface area (Å²) in [5.74, 6) is -0.791. The van der Waals surface area contributed by atoms with Crippen molar-refractivity contribution in [2.75, 3.05) is 19.8 Å². The monoisotopic (exact) mass is 204 g/mol. The third-order valence-electron chi connectivity index (χ3n) is 1.80. The van der Waals surface area contributed by atoms with Crippen LogP contribution in [0.1, 0.15) is 27.2 Å². The van der Waals surface area contributed by atoms with E-state index in [1.54, 1.807) is 13.8 Å². The minimum Gasteiger partial charge on any atom is -0.464 e. The van der Waals surface area contributed by atoms with Gasteiger partial charge in [0.1, 0.15) is 0 Å². The van der Waals surface area contributed by atoms with Crippen molar-refractivity contribution < 1.29 is 19.4 Å². The molecule has 14 heavy (non-hydrogen) atoms. The second-order valence-corrected chi connectivity index (χ2v) is 3.25. The fourth-order valence-corrected chi connectivity index (χ4v) is 0.965. The van der Waals surface area contributed by atoms with E-state index in [9.17, 15) is 9.90 Å². The van der Waals surface area contributed by atoms with Crippen LogP contribution in [-0.4, -0.2) is 37.0 Å². The highest BCUT2D eigenvalue weighted by molar-refractivity contribution is 5.74. The minimum atomic E-state index is -1.08. The van der Waals surface area contributed by atoms with Crippen LogP contribution in [0.15, 0.2) is 0 Å². The molecule has 0 amide bonds. The number of esters is 1. The van der Waals surface area contributed by atoms with E-state index < -0.39 is 12.1 Å². The largest absolute Gasteiger partial charge is 0.464 e. The first kappa shape index (κ1) is 13.4. The fraction of sp³-hybridized carbons (Fsp3) is 0.900. The summed E-state index contributed by atoms with van der Waals surface area (Å²) in [4.78, 5) is 11.1. The van der Waals surface area contributed by atoms with Crippen molar-refractivity contribution in [3.05, 3.63) is 0 Å². The molecule has 2 unspecified atom stereocenters. The molecule has 0 saturated carbocycles. The predicted molar refractivity (Wildman–Crippen MR) is 52.9 cm³/mol. The average Bonchev–Trinajstić information content (AvgIpc) is 2.17. The smallest absolute Gasteiger partial charge is 0.335 e. The summed E-state index contributed by atoms with van der Waals surface area (Å²) in [5, 5.41) is 9.46. The molecule has 0 spiro atoms. The van der Waals surface area contributed by atoms with Gasteiger partial charge in [0.25, 0.3) is 0 Å². The Morgan fingerprint density at radius 2 is 2.07 bits per heavy atom. The van der Waals surface area contributed by atoms with Gasteiger partial charge in [-0.2, -0.15) is 0 Å². The number of aliphatic hydroxyl groups excluding tert-OH is 1. The van der Waals surface area contributed by atoms with E-state index in [-0.39, 0.29) is 5.92 Å². The molecule has 0 aromatic heterocycles. The van der Waals surface area contributed by atoms with Crippen molar-refractivity contribution in [1.82, 2.24) is 0 Å². The molecule has 2 atom stereocenters.